The van der Waals surface area contributed by atoms with Crippen molar-refractivity contribution in [3.63, 3.8) is 0 Å². The molecule has 0 radical (unpaired) electrons. The number of anilines is 1. The molecule has 0 fully saturated rings. The molecule has 1 unspecified atom stereocenters. The summed E-state index contributed by atoms with van der Waals surface area (Å²) < 4.78 is 7.54. The molecule has 0 spiro atoms. The van der Waals surface area contributed by atoms with Crippen LogP contribution in [0.3, 0.4) is 0 Å². The van der Waals surface area contributed by atoms with Crippen molar-refractivity contribution in [1.29, 1.82) is 0 Å². The molecule has 3 aromatic rings. The summed E-state index contributed by atoms with van der Waals surface area (Å²) in [6.07, 6.45) is 18.5. The van der Waals surface area contributed by atoms with Gasteiger partial charge in [-0.2, -0.15) is 4.57 Å². The molecule has 35 heavy (non-hydrogen) atoms. The average molecular weight is 468 g/mol. The number of aromatic nitrogens is 1. The molecule has 4 rings (SSSR count). The highest BCUT2D eigenvalue weighted by molar-refractivity contribution is 5.89. The Morgan fingerprint density at radius 1 is 1.03 bits per heavy atom. The molecule has 1 aliphatic heterocycles. The topological polar surface area (TPSA) is 16.4 Å². The van der Waals surface area contributed by atoms with Gasteiger partial charge in [0.15, 0.2) is 12.7 Å². The van der Waals surface area contributed by atoms with Gasteiger partial charge in [0.25, 0.3) is 0 Å². The molecule has 1 atom stereocenters. The molecule has 0 saturated heterocycles. The molecular weight excluding hydrogens is 428 g/mol. The highest BCUT2D eigenvalue weighted by atomic mass is 16.5. The summed E-state index contributed by atoms with van der Waals surface area (Å²) in [6.45, 7) is 7.25. The minimum absolute atomic E-state index is 0.705. The van der Waals surface area contributed by atoms with Crippen LogP contribution in [0.4, 0.5) is 5.69 Å². The SMILES string of the molecule is CCCCC(CC)CN1C=C/C(=C\C=C\c2cc[n+](CCOC)c3ccccc23)c2ccccc21. The lowest BCUT2D eigenvalue weighted by Gasteiger charge is -2.31. The quantitative estimate of drug-likeness (QED) is 0.273. The lowest BCUT2D eigenvalue weighted by Crippen LogP contribution is -2.36. The first-order valence-corrected chi connectivity index (χ1v) is 13.1. The number of pyridine rings is 1. The number of ether oxygens (including phenoxy) is 1. The van der Waals surface area contributed by atoms with Gasteiger partial charge in [-0.25, -0.2) is 0 Å². The van der Waals surface area contributed by atoms with Crippen LogP contribution in [0.2, 0.25) is 0 Å². The van der Waals surface area contributed by atoms with Crippen molar-refractivity contribution in [2.75, 3.05) is 25.2 Å². The van der Waals surface area contributed by atoms with Crippen LogP contribution < -0.4 is 9.47 Å². The van der Waals surface area contributed by atoms with Crippen LogP contribution in [0.25, 0.3) is 22.6 Å². The Morgan fingerprint density at radius 3 is 2.69 bits per heavy atom. The molecule has 0 aliphatic carbocycles. The van der Waals surface area contributed by atoms with E-state index in [1.807, 2.05) is 0 Å². The third-order valence-corrected chi connectivity index (χ3v) is 7.00. The predicted molar refractivity (Wildman–Crippen MR) is 149 cm³/mol. The summed E-state index contributed by atoms with van der Waals surface area (Å²) in [4.78, 5) is 2.45. The molecule has 3 heteroatoms. The second kappa shape index (κ2) is 12.5. The first-order valence-electron chi connectivity index (χ1n) is 13.1. The number of rotatable bonds is 11. The van der Waals surface area contributed by atoms with Gasteiger partial charge < -0.3 is 9.64 Å². The molecule has 182 valence electrons. The van der Waals surface area contributed by atoms with E-state index in [4.69, 9.17) is 4.74 Å². The zero-order valence-corrected chi connectivity index (χ0v) is 21.5. The van der Waals surface area contributed by atoms with E-state index in [1.54, 1.807) is 7.11 Å². The molecule has 1 aromatic heterocycles. The maximum atomic E-state index is 5.29. The predicted octanol–water partition coefficient (Wildman–Crippen LogP) is 7.42. The van der Waals surface area contributed by atoms with Crippen molar-refractivity contribution in [1.82, 2.24) is 0 Å². The number of benzene rings is 2. The van der Waals surface area contributed by atoms with Crippen molar-refractivity contribution in [2.24, 2.45) is 5.92 Å². The van der Waals surface area contributed by atoms with Crippen molar-refractivity contribution in [3.05, 3.63) is 96.3 Å². The molecule has 2 heterocycles. The van der Waals surface area contributed by atoms with Crippen molar-refractivity contribution < 1.29 is 9.30 Å². The molecule has 3 nitrogen and oxygen atoms in total. The lowest BCUT2D eigenvalue weighted by atomic mass is 9.95. The van der Waals surface area contributed by atoms with E-state index in [0.717, 1.165) is 19.0 Å². The summed E-state index contributed by atoms with van der Waals surface area (Å²) in [5, 5.41) is 1.25. The number of allylic oxidation sites excluding steroid dienone is 4. The normalized spacial score (nSPS) is 15.3. The third kappa shape index (κ3) is 6.10. The second-order valence-corrected chi connectivity index (χ2v) is 9.36. The maximum absolute atomic E-state index is 5.29. The summed E-state index contributed by atoms with van der Waals surface area (Å²) in [6, 6.07) is 19.6. The van der Waals surface area contributed by atoms with E-state index in [0.29, 0.717) is 6.61 Å². The molecule has 0 saturated carbocycles. The molecule has 2 aromatic carbocycles. The Labute approximate surface area is 211 Å². The van der Waals surface area contributed by atoms with E-state index >= 15 is 0 Å². The monoisotopic (exact) mass is 467 g/mol. The fourth-order valence-corrected chi connectivity index (χ4v) is 4.90. The average Bonchev–Trinajstić information content (AvgIpc) is 2.91. The van der Waals surface area contributed by atoms with Gasteiger partial charge >= 0.3 is 0 Å². The van der Waals surface area contributed by atoms with Crippen LogP contribution in [-0.4, -0.2) is 20.3 Å². The largest absolute Gasteiger partial charge is 0.378 e. The molecule has 0 N–H and O–H groups in total. The van der Waals surface area contributed by atoms with Gasteiger partial charge in [-0.3, -0.25) is 0 Å². The molecule has 0 amide bonds. The van der Waals surface area contributed by atoms with E-state index in [9.17, 15) is 0 Å². The van der Waals surface area contributed by atoms with Crippen LogP contribution in [-0.2, 0) is 11.3 Å². The van der Waals surface area contributed by atoms with Gasteiger partial charge in [0.05, 0.1) is 5.39 Å². The number of methoxy groups -OCH3 is 1. The fourth-order valence-electron chi connectivity index (χ4n) is 4.90. The van der Waals surface area contributed by atoms with Gasteiger partial charge in [0.2, 0.25) is 5.52 Å². The zero-order valence-electron chi connectivity index (χ0n) is 21.5. The fraction of sp³-hybridized carbons (Fsp3) is 0.344. The van der Waals surface area contributed by atoms with Gasteiger partial charge in [-0.15, -0.1) is 0 Å². The number of nitrogens with zero attached hydrogens (tertiary/aromatic N) is 2. The Kier molecular flexibility index (Phi) is 8.91. The van der Waals surface area contributed by atoms with Crippen LogP contribution in [0, 0.1) is 5.92 Å². The lowest BCUT2D eigenvalue weighted by molar-refractivity contribution is -0.673. The van der Waals surface area contributed by atoms with Crippen molar-refractivity contribution >= 4 is 28.2 Å². The standard InChI is InChI=1S/C32H39N2O/c1-4-6-12-26(5-2)25-34-22-20-28(30-16-8-10-18-32(30)34)14-11-13-27-19-21-33(23-24-35-3)31-17-9-7-15-29(27)31/h7-11,13-22,26H,4-6,12,23-25H2,1-3H3/q+1. The minimum atomic E-state index is 0.705. The number of hydrogen-bond acceptors (Lipinski definition) is 2. The van der Waals surface area contributed by atoms with Gasteiger partial charge in [-0.1, -0.05) is 81.7 Å². The van der Waals surface area contributed by atoms with Crippen molar-refractivity contribution in [2.45, 2.75) is 46.1 Å². The summed E-state index contributed by atoms with van der Waals surface area (Å²) >= 11 is 0. The highest BCUT2D eigenvalue weighted by Gasteiger charge is 2.18. The first-order chi connectivity index (χ1) is 17.2. The van der Waals surface area contributed by atoms with E-state index in [2.05, 4.69) is 115 Å². The summed E-state index contributed by atoms with van der Waals surface area (Å²) in [5.74, 6) is 0.732. The van der Waals surface area contributed by atoms with Crippen LogP contribution in [0.5, 0.6) is 0 Å². The third-order valence-electron chi connectivity index (χ3n) is 7.00. The molecule has 0 bridgehead atoms. The zero-order chi connectivity index (χ0) is 24.5. The van der Waals surface area contributed by atoms with Crippen molar-refractivity contribution in [3.8, 4) is 0 Å². The van der Waals surface area contributed by atoms with Crippen LogP contribution in [0.1, 0.15) is 50.7 Å². The van der Waals surface area contributed by atoms with Gasteiger partial charge in [0.1, 0.15) is 6.61 Å². The highest BCUT2D eigenvalue weighted by Crippen LogP contribution is 2.34. The number of para-hydroxylation sites is 2. The first kappa shape index (κ1) is 24.9. The van der Waals surface area contributed by atoms with Gasteiger partial charge in [-0.05, 0) is 41.7 Å². The number of hydrogen-bond donors (Lipinski definition) is 0. The minimum Gasteiger partial charge on any atom is -0.378 e. The molecule has 1 aliphatic rings. The summed E-state index contributed by atoms with van der Waals surface area (Å²) in [7, 11) is 1.75. The maximum Gasteiger partial charge on any atom is 0.213 e. The smallest absolute Gasteiger partial charge is 0.213 e. The Hall–Kier alpha value is -3.17. The Balaban J connectivity index is 1.57. The van der Waals surface area contributed by atoms with Crippen LogP contribution >= 0.6 is 0 Å². The number of unbranched alkanes of at least 4 members (excludes halogenated alkanes) is 1. The van der Waals surface area contributed by atoms with E-state index in [1.165, 1.54) is 59.0 Å². The number of fused-ring (bicyclic) bond motifs is 2. The second-order valence-electron chi connectivity index (χ2n) is 9.36. The molecular formula is C32H39N2O+. The van der Waals surface area contributed by atoms with E-state index in [-0.39, 0.29) is 0 Å². The summed E-state index contributed by atoms with van der Waals surface area (Å²) in [5.41, 5.74) is 6.33. The Bertz CT molecular complexity index is 1210. The Morgan fingerprint density at radius 2 is 1.86 bits per heavy atom. The van der Waals surface area contributed by atoms with E-state index < -0.39 is 0 Å². The van der Waals surface area contributed by atoms with Gasteiger partial charge in [0, 0.05) is 43.2 Å². The van der Waals surface area contributed by atoms with Crippen LogP contribution in [0.15, 0.2) is 85.2 Å².